The molecule has 0 heterocycles. The third-order valence-electron chi connectivity index (χ3n) is 5.05. The number of ketones is 1. The number of nitrogens with one attached hydrogen (secondary N) is 2. The van der Waals surface area contributed by atoms with Gasteiger partial charge >= 0.3 is 0 Å². The van der Waals surface area contributed by atoms with Gasteiger partial charge in [-0.2, -0.15) is 0 Å². The van der Waals surface area contributed by atoms with E-state index in [-0.39, 0.29) is 24.2 Å². The van der Waals surface area contributed by atoms with Crippen molar-refractivity contribution in [1.29, 1.82) is 0 Å². The molecule has 3 aromatic rings. The number of aryl methyl sites for hydroxylation is 1. The zero-order valence-corrected chi connectivity index (χ0v) is 18.7. The number of para-hydroxylation sites is 1. The van der Waals surface area contributed by atoms with E-state index in [0.717, 1.165) is 17.5 Å². The first kappa shape index (κ1) is 23.7. The van der Waals surface area contributed by atoms with E-state index in [9.17, 15) is 14.4 Å². The molecular weight excluding hydrogens is 416 g/mol. The van der Waals surface area contributed by atoms with Gasteiger partial charge in [0.1, 0.15) is 11.5 Å². The van der Waals surface area contributed by atoms with Gasteiger partial charge in [-0.05, 0) is 55.2 Å². The molecule has 0 atom stereocenters. The van der Waals surface area contributed by atoms with Crippen LogP contribution in [-0.4, -0.2) is 30.7 Å². The average Bonchev–Trinajstić information content (AvgIpc) is 2.83. The van der Waals surface area contributed by atoms with E-state index < -0.39 is 0 Å². The van der Waals surface area contributed by atoms with Crippen molar-refractivity contribution >= 4 is 23.3 Å². The van der Waals surface area contributed by atoms with Crippen molar-refractivity contribution in [3.8, 4) is 5.75 Å². The molecule has 3 rings (SSSR count). The highest BCUT2D eigenvalue weighted by Gasteiger charge is 2.13. The fourth-order valence-corrected chi connectivity index (χ4v) is 3.26. The summed E-state index contributed by atoms with van der Waals surface area (Å²) in [6.45, 7) is 1.88. The number of amides is 2. The summed E-state index contributed by atoms with van der Waals surface area (Å²) >= 11 is 0. The van der Waals surface area contributed by atoms with Gasteiger partial charge in [-0.25, -0.2) is 0 Å². The van der Waals surface area contributed by atoms with Gasteiger partial charge in [0.15, 0.2) is 6.61 Å². The highest BCUT2D eigenvalue weighted by atomic mass is 16.5. The number of carbonyl (C=O) groups excluding carboxylic acids is 3. The SMILES string of the molecule is CC(=O)CCc1ccc(OCC(=O)Nc2ccccc2C(=O)NCCc2ccccc2)cc1. The minimum Gasteiger partial charge on any atom is -0.484 e. The Morgan fingerprint density at radius 3 is 2.18 bits per heavy atom. The lowest BCUT2D eigenvalue weighted by Gasteiger charge is -2.12. The van der Waals surface area contributed by atoms with Crippen LogP contribution in [0.1, 0.15) is 34.8 Å². The smallest absolute Gasteiger partial charge is 0.262 e. The zero-order valence-electron chi connectivity index (χ0n) is 18.7. The van der Waals surface area contributed by atoms with E-state index in [1.807, 2.05) is 42.5 Å². The Balaban J connectivity index is 1.49. The van der Waals surface area contributed by atoms with Gasteiger partial charge in [-0.3, -0.25) is 9.59 Å². The molecule has 170 valence electrons. The Kier molecular flexibility index (Phi) is 8.77. The predicted octanol–water partition coefficient (Wildman–Crippen LogP) is 4.20. The monoisotopic (exact) mass is 444 g/mol. The van der Waals surface area contributed by atoms with Crippen LogP contribution in [0.3, 0.4) is 0 Å². The fourth-order valence-electron chi connectivity index (χ4n) is 3.26. The number of rotatable bonds is 11. The number of carbonyl (C=O) groups is 3. The zero-order chi connectivity index (χ0) is 23.5. The van der Waals surface area contributed by atoms with Gasteiger partial charge in [0.05, 0.1) is 11.3 Å². The topological polar surface area (TPSA) is 84.5 Å². The van der Waals surface area contributed by atoms with Crippen LogP contribution in [0.4, 0.5) is 5.69 Å². The molecule has 2 N–H and O–H groups in total. The van der Waals surface area contributed by atoms with Crippen molar-refractivity contribution in [3.63, 3.8) is 0 Å². The minimum atomic E-state index is -0.361. The summed E-state index contributed by atoms with van der Waals surface area (Å²) < 4.78 is 5.56. The molecule has 0 aromatic heterocycles. The van der Waals surface area contributed by atoms with E-state index in [1.165, 1.54) is 0 Å². The predicted molar refractivity (Wildman–Crippen MR) is 128 cm³/mol. The Labute approximate surface area is 194 Å². The van der Waals surface area contributed by atoms with Crippen molar-refractivity contribution in [1.82, 2.24) is 5.32 Å². The quantitative estimate of drug-likeness (QED) is 0.464. The summed E-state index contributed by atoms with van der Waals surface area (Å²) in [6, 6.07) is 24.1. The lowest BCUT2D eigenvalue weighted by Crippen LogP contribution is -2.28. The third-order valence-corrected chi connectivity index (χ3v) is 5.05. The molecule has 0 aliphatic carbocycles. The van der Waals surface area contributed by atoms with E-state index in [4.69, 9.17) is 4.74 Å². The van der Waals surface area contributed by atoms with Crippen molar-refractivity contribution in [2.75, 3.05) is 18.5 Å². The summed E-state index contributed by atoms with van der Waals surface area (Å²) in [5.74, 6) is 0.102. The molecule has 0 fully saturated rings. The third kappa shape index (κ3) is 7.92. The van der Waals surface area contributed by atoms with Crippen molar-refractivity contribution < 1.29 is 19.1 Å². The minimum absolute atomic E-state index is 0.150. The highest BCUT2D eigenvalue weighted by Crippen LogP contribution is 2.16. The standard InChI is InChI=1S/C27H28N2O4/c1-20(30)11-12-22-13-15-23(16-14-22)33-19-26(31)29-25-10-6-5-9-24(25)27(32)28-18-17-21-7-3-2-4-8-21/h2-10,13-16H,11-12,17-19H2,1H3,(H,28,32)(H,29,31). The summed E-state index contributed by atoms with van der Waals surface area (Å²) in [7, 11) is 0. The van der Waals surface area contributed by atoms with Gasteiger partial charge in [-0.15, -0.1) is 0 Å². The average molecular weight is 445 g/mol. The fraction of sp³-hybridized carbons (Fsp3) is 0.222. The second-order valence-corrected chi connectivity index (χ2v) is 7.72. The first-order valence-electron chi connectivity index (χ1n) is 10.9. The second kappa shape index (κ2) is 12.2. The maximum Gasteiger partial charge on any atom is 0.262 e. The van der Waals surface area contributed by atoms with E-state index in [1.54, 1.807) is 43.3 Å². The summed E-state index contributed by atoms with van der Waals surface area (Å²) in [5, 5.41) is 5.65. The van der Waals surface area contributed by atoms with Crippen molar-refractivity contribution in [2.24, 2.45) is 0 Å². The Bertz CT molecular complexity index is 1080. The number of ether oxygens (including phenoxy) is 1. The molecule has 0 bridgehead atoms. The summed E-state index contributed by atoms with van der Waals surface area (Å²) in [5.41, 5.74) is 3.01. The van der Waals surface area contributed by atoms with Crippen LogP contribution in [0, 0.1) is 0 Å². The van der Waals surface area contributed by atoms with Gasteiger partial charge in [-0.1, -0.05) is 54.6 Å². The number of Topliss-reactive ketones (excluding diaryl/α,β-unsaturated/α-hetero) is 1. The molecule has 0 aliphatic rings. The molecule has 0 spiro atoms. The molecule has 6 heteroatoms. The number of anilines is 1. The van der Waals surface area contributed by atoms with Gasteiger partial charge in [0, 0.05) is 13.0 Å². The molecule has 0 saturated heterocycles. The summed E-state index contributed by atoms with van der Waals surface area (Å²) in [4.78, 5) is 36.1. The van der Waals surface area contributed by atoms with E-state index in [2.05, 4.69) is 10.6 Å². The first-order valence-corrected chi connectivity index (χ1v) is 10.9. The number of hydrogen-bond donors (Lipinski definition) is 2. The molecule has 6 nitrogen and oxygen atoms in total. The maximum atomic E-state index is 12.6. The van der Waals surface area contributed by atoms with Crippen LogP contribution >= 0.6 is 0 Å². The molecule has 0 aliphatic heterocycles. The van der Waals surface area contributed by atoms with E-state index in [0.29, 0.717) is 36.4 Å². The van der Waals surface area contributed by atoms with Gasteiger partial charge in [0.25, 0.3) is 11.8 Å². The van der Waals surface area contributed by atoms with Gasteiger partial charge < -0.3 is 20.2 Å². The molecule has 33 heavy (non-hydrogen) atoms. The van der Waals surface area contributed by atoms with Crippen molar-refractivity contribution in [2.45, 2.75) is 26.2 Å². The molecule has 3 aromatic carbocycles. The van der Waals surface area contributed by atoms with Crippen LogP contribution in [-0.2, 0) is 22.4 Å². The summed E-state index contributed by atoms with van der Waals surface area (Å²) in [6.07, 6.45) is 1.91. The number of benzene rings is 3. The van der Waals surface area contributed by atoms with Crippen LogP contribution < -0.4 is 15.4 Å². The molecule has 0 unspecified atom stereocenters. The first-order chi connectivity index (χ1) is 16.0. The van der Waals surface area contributed by atoms with E-state index >= 15 is 0 Å². The Morgan fingerprint density at radius 1 is 0.788 bits per heavy atom. The molecule has 0 radical (unpaired) electrons. The van der Waals surface area contributed by atoms with Crippen LogP contribution in [0.25, 0.3) is 0 Å². The second-order valence-electron chi connectivity index (χ2n) is 7.72. The lowest BCUT2D eigenvalue weighted by molar-refractivity contribution is -0.118. The largest absolute Gasteiger partial charge is 0.484 e. The Hall–Kier alpha value is -3.93. The van der Waals surface area contributed by atoms with Crippen molar-refractivity contribution in [3.05, 3.63) is 95.6 Å². The Morgan fingerprint density at radius 2 is 1.45 bits per heavy atom. The van der Waals surface area contributed by atoms with Gasteiger partial charge in [0.2, 0.25) is 0 Å². The van der Waals surface area contributed by atoms with Crippen LogP contribution in [0.2, 0.25) is 0 Å². The molecular formula is C27H28N2O4. The van der Waals surface area contributed by atoms with Crippen LogP contribution in [0.5, 0.6) is 5.75 Å². The number of hydrogen-bond acceptors (Lipinski definition) is 4. The van der Waals surface area contributed by atoms with Crippen LogP contribution in [0.15, 0.2) is 78.9 Å². The molecule has 0 saturated carbocycles. The molecule has 2 amide bonds. The highest BCUT2D eigenvalue weighted by molar-refractivity contribution is 6.04. The maximum absolute atomic E-state index is 12.6. The lowest BCUT2D eigenvalue weighted by atomic mass is 10.1. The normalized spacial score (nSPS) is 10.3.